The smallest absolute Gasteiger partial charge is 0.338 e. The molecule has 0 spiro atoms. The summed E-state index contributed by atoms with van der Waals surface area (Å²) in [6.45, 7) is 4.36. The van der Waals surface area contributed by atoms with Gasteiger partial charge in [0.1, 0.15) is 0 Å². The number of nitrogens with zero attached hydrogens (tertiary/aromatic N) is 2. The maximum Gasteiger partial charge on any atom is 0.338 e. The highest BCUT2D eigenvalue weighted by Crippen LogP contribution is 2.31. The number of carbonyl (C=O) groups excluding carboxylic acids is 4. The van der Waals surface area contributed by atoms with Gasteiger partial charge >= 0.3 is 5.97 Å². The number of fused-ring (bicyclic) bond motifs is 1. The van der Waals surface area contributed by atoms with E-state index < -0.39 is 39.8 Å². The van der Waals surface area contributed by atoms with Gasteiger partial charge in [-0.05, 0) is 67.9 Å². The molecule has 1 N–H and O–H groups in total. The molecule has 3 aromatic carbocycles. The third-order valence-electron chi connectivity index (χ3n) is 6.86. The van der Waals surface area contributed by atoms with Crippen LogP contribution in [0.25, 0.3) is 0 Å². The molecule has 2 heterocycles. The van der Waals surface area contributed by atoms with Crippen LogP contribution < -0.4 is 10.2 Å². The molecule has 0 bridgehead atoms. The zero-order valence-corrected chi connectivity index (χ0v) is 23.1. The van der Waals surface area contributed by atoms with Crippen molar-refractivity contribution in [3.05, 3.63) is 89.0 Å². The van der Waals surface area contributed by atoms with Crippen LogP contribution in [-0.4, -0.2) is 68.8 Å². The Bertz CT molecular complexity index is 1650. The summed E-state index contributed by atoms with van der Waals surface area (Å²) in [5, 5.41) is 2.59. The molecule has 11 nitrogen and oxygen atoms in total. The molecule has 2 aliphatic rings. The molecule has 1 atom stereocenters. The molecule has 212 valence electrons. The largest absolute Gasteiger partial charge is 0.449 e. The molecule has 12 heteroatoms. The Morgan fingerprint density at radius 3 is 2.27 bits per heavy atom. The number of benzene rings is 3. The van der Waals surface area contributed by atoms with Gasteiger partial charge < -0.3 is 14.8 Å². The van der Waals surface area contributed by atoms with Crippen molar-refractivity contribution in [1.29, 1.82) is 0 Å². The summed E-state index contributed by atoms with van der Waals surface area (Å²) in [6.07, 6.45) is -1.21. The summed E-state index contributed by atoms with van der Waals surface area (Å²) in [4.78, 5) is 52.7. The highest BCUT2D eigenvalue weighted by Gasteiger charge is 2.38. The number of ether oxygens (including phenoxy) is 2. The molecule has 0 aromatic heterocycles. The van der Waals surface area contributed by atoms with Gasteiger partial charge in [0.05, 0.1) is 40.5 Å². The molecule has 3 aromatic rings. The number of anilines is 2. The van der Waals surface area contributed by atoms with Crippen molar-refractivity contribution in [3.8, 4) is 0 Å². The van der Waals surface area contributed by atoms with Crippen molar-refractivity contribution in [2.45, 2.75) is 24.8 Å². The maximum absolute atomic E-state index is 13.1. The number of nitrogens with one attached hydrogen (secondary N) is 1. The van der Waals surface area contributed by atoms with E-state index >= 15 is 0 Å². The first-order chi connectivity index (χ1) is 19.6. The van der Waals surface area contributed by atoms with Gasteiger partial charge in [-0.3, -0.25) is 14.4 Å². The van der Waals surface area contributed by atoms with Gasteiger partial charge in [0, 0.05) is 18.8 Å². The first-order valence-electron chi connectivity index (χ1n) is 12.9. The summed E-state index contributed by atoms with van der Waals surface area (Å²) in [5.41, 5.74) is 1.76. The molecule has 41 heavy (non-hydrogen) atoms. The van der Waals surface area contributed by atoms with E-state index in [1.807, 2.05) is 0 Å². The number of imide groups is 1. The van der Waals surface area contributed by atoms with Crippen LogP contribution in [0, 0.1) is 6.92 Å². The predicted molar refractivity (Wildman–Crippen MR) is 148 cm³/mol. The third kappa shape index (κ3) is 5.49. The van der Waals surface area contributed by atoms with Gasteiger partial charge in [-0.15, -0.1) is 0 Å². The number of amides is 3. The third-order valence-corrected chi connectivity index (χ3v) is 8.77. The molecule has 2 aliphatic heterocycles. The lowest BCUT2D eigenvalue weighted by Crippen LogP contribution is -2.40. The van der Waals surface area contributed by atoms with E-state index in [9.17, 15) is 27.6 Å². The molecule has 3 amide bonds. The van der Waals surface area contributed by atoms with Gasteiger partial charge in [-0.1, -0.05) is 18.2 Å². The van der Waals surface area contributed by atoms with Gasteiger partial charge in [-0.2, -0.15) is 4.31 Å². The van der Waals surface area contributed by atoms with Gasteiger partial charge in [0.2, 0.25) is 10.0 Å². The number of morpholine rings is 1. The fraction of sp³-hybridized carbons (Fsp3) is 0.241. The Balaban J connectivity index is 1.23. The van der Waals surface area contributed by atoms with Crippen molar-refractivity contribution in [1.82, 2.24) is 4.31 Å². The van der Waals surface area contributed by atoms with E-state index in [1.165, 1.54) is 53.7 Å². The Morgan fingerprint density at radius 2 is 1.59 bits per heavy atom. The Hall–Kier alpha value is -4.39. The fourth-order valence-electron chi connectivity index (χ4n) is 4.57. The van der Waals surface area contributed by atoms with Gasteiger partial charge in [0.25, 0.3) is 17.7 Å². The minimum atomic E-state index is -3.68. The Labute approximate surface area is 236 Å². The number of para-hydroxylation sites is 1. The lowest BCUT2D eigenvalue weighted by atomic mass is 10.1. The first-order valence-corrected chi connectivity index (χ1v) is 14.3. The highest BCUT2D eigenvalue weighted by atomic mass is 32.2. The van der Waals surface area contributed by atoms with Crippen molar-refractivity contribution in [2.75, 3.05) is 36.5 Å². The van der Waals surface area contributed by atoms with Crippen LogP contribution >= 0.6 is 0 Å². The molecular formula is C29H27N3O8S. The normalized spacial score (nSPS) is 16.3. The fourth-order valence-corrected chi connectivity index (χ4v) is 5.98. The van der Waals surface area contributed by atoms with Crippen LogP contribution in [0.5, 0.6) is 0 Å². The summed E-state index contributed by atoms with van der Waals surface area (Å²) < 4.78 is 37.4. The number of carbonyl (C=O) groups is 4. The Kier molecular flexibility index (Phi) is 7.72. The summed E-state index contributed by atoms with van der Waals surface area (Å²) in [5.74, 6) is -2.54. The molecule has 5 rings (SSSR count). The molecule has 0 aliphatic carbocycles. The van der Waals surface area contributed by atoms with Crippen LogP contribution in [0.1, 0.15) is 43.6 Å². The maximum atomic E-state index is 13.1. The lowest BCUT2D eigenvalue weighted by molar-refractivity contribution is -0.123. The van der Waals surface area contributed by atoms with Crippen LogP contribution in [0.2, 0.25) is 0 Å². The first kappa shape index (κ1) is 28.1. The lowest BCUT2D eigenvalue weighted by Gasteiger charge is -2.26. The number of hydrogen-bond acceptors (Lipinski definition) is 8. The number of rotatable bonds is 7. The second-order valence-corrected chi connectivity index (χ2v) is 11.5. The van der Waals surface area contributed by atoms with Crippen molar-refractivity contribution in [2.24, 2.45) is 0 Å². The summed E-state index contributed by atoms with van der Waals surface area (Å²) in [6, 6.07) is 16.7. The summed E-state index contributed by atoms with van der Waals surface area (Å²) >= 11 is 0. The van der Waals surface area contributed by atoms with Crippen molar-refractivity contribution in [3.63, 3.8) is 0 Å². The van der Waals surface area contributed by atoms with E-state index in [1.54, 1.807) is 31.2 Å². The quantitative estimate of drug-likeness (QED) is 0.334. The standard InChI is InChI=1S/C29H27N3O8S/c1-18-5-3-4-6-25(18)32-27(34)23-12-7-20(17-24(23)28(32)35)29(36)40-19(2)26(33)30-21-8-10-22(11-9-21)41(37,38)31-13-15-39-16-14-31/h3-12,17,19H,13-16H2,1-2H3,(H,30,33)/t19-/m0/s1. The zero-order chi connectivity index (χ0) is 29.3. The number of sulfonamides is 1. The van der Waals surface area contributed by atoms with E-state index in [4.69, 9.17) is 9.47 Å². The highest BCUT2D eigenvalue weighted by molar-refractivity contribution is 7.89. The minimum absolute atomic E-state index is 0.00820. The van der Waals surface area contributed by atoms with Crippen LogP contribution in [0.15, 0.2) is 71.6 Å². The molecule has 1 saturated heterocycles. The topological polar surface area (TPSA) is 139 Å². The monoisotopic (exact) mass is 577 g/mol. The van der Waals surface area contributed by atoms with Crippen molar-refractivity contribution < 1.29 is 37.1 Å². The second-order valence-electron chi connectivity index (χ2n) is 9.57. The number of aryl methyl sites for hydroxylation is 1. The average molecular weight is 578 g/mol. The van der Waals surface area contributed by atoms with Gasteiger partial charge in [-0.25, -0.2) is 18.1 Å². The van der Waals surface area contributed by atoms with E-state index in [0.29, 0.717) is 24.6 Å². The molecule has 1 fully saturated rings. The van der Waals surface area contributed by atoms with E-state index in [0.717, 1.165) is 10.5 Å². The van der Waals surface area contributed by atoms with Crippen molar-refractivity contribution >= 4 is 45.1 Å². The van der Waals surface area contributed by atoms with E-state index in [-0.39, 0.29) is 34.7 Å². The average Bonchev–Trinajstić information content (AvgIpc) is 3.22. The SMILES string of the molecule is Cc1ccccc1N1C(=O)c2ccc(C(=O)O[C@@H](C)C(=O)Nc3ccc(S(=O)(=O)N4CCOCC4)cc3)cc2C1=O. The predicted octanol–water partition coefficient (Wildman–Crippen LogP) is 3.00. The number of esters is 1. The summed E-state index contributed by atoms with van der Waals surface area (Å²) in [7, 11) is -3.68. The van der Waals surface area contributed by atoms with Crippen LogP contribution in [-0.2, 0) is 24.3 Å². The zero-order valence-electron chi connectivity index (χ0n) is 22.3. The molecular weight excluding hydrogens is 550 g/mol. The van der Waals surface area contributed by atoms with Gasteiger partial charge in [0.15, 0.2) is 6.10 Å². The minimum Gasteiger partial charge on any atom is -0.449 e. The Morgan fingerprint density at radius 1 is 0.927 bits per heavy atom. The van der Waals surface area contributed by atoms with Crippen LogP contribution in [0.3, 0.4) is 0 Å². The molecule has 0 unspecified atom stereocenters. The van der Waals surface area contributed by atoms with Crippen LogP contribution in [0.4, 0.5) is 11.4 Å². The second kappa shape index (κ2) is 11.2. The van der Waals surface area contributed by atoms with E-state index in [2.05, 4.69) is 5.32 Å². The number of hydrogen-bond donors (Lipinski definition) is 1. The molecule has 0 radical (unpaired) electrons. The molecule has 0 saturated carbocycles.